The molecule has 0 unspecified atom stereocenters. The molecule has 0 radical (unpaired) electrons. The Hall–Kier alpha value is -2.36. The van der Waals surface area contributed by atoms with Gasteiger partial charge in [-0.1, -0.05) is 31.2 Å². The summed E-state index contributed by atoms with van der Waals surface area (Å²) >= 11 is 0. The van der Waals surface area contributed by atoms with Crippen LogP contribution in [0.4, 0.5) is 10.1 Å². The molecule has 2 rings (SSSR count). The zero-order valence-corrected chi connectivity index (χ0v) is 13.0. The SMILES string of the molecule is CC[C@H](Oc1cc(C)ccc1C)C(=O)Nc1ccccc1F. The molecule has 1 N–H and O–H groups in total. The zero-order chi connectivity index (χ0) is 16.1. The van der Waals surface area contributed by atoms with E-state index >= 15 is 0 Å². The lowest BCUT2D eigenvalue weighted by atomic mass is 10.1. The van der Waals surface area contributed by atoms with Crippen molar-refractivity contribution in [2.75, 3.05) is 5.32 Å². The second-order valence-electron chi connectivity index (χ2n) is 5.25. The Labute approximate surface area is 130 Å². The molecule has 0 aromatic heterocycles. The minimum absolute atomic E-state index is 0.163. The molecule has 0 saturated carbocycles. The van der Waals surface area contributed by atoms with Gasteiger partial charge in [0.1, 0.15) is 11.6 Å². The number of aryl methyl sites for hydroxylation is 2. The molecule has 2 aromatic carbocycles. The Morgan fingerprint density at radius 2 is 1.95 bits per heavy atom. The minimum atomic E-state index is -0.667. The summed E-state index contributed by atoms with van der Waals surface area (Å²) in [5.41, 5.74) is 2.18. The maximum atomic E-state index is 13.6. The van der Waals surface area contributed by atoms with Crippen molar-refractivity contribution < 1.29 is 13.9 Å². The first-order valence-corrected chi connectivity index (χ1v) is 7.30. The van der Waals surface area contributed by atoms with Crippen molar-refractivity contribution in [1.29, 1.82) is 0 Å². The zero-order valence-electron chi connectivity index (χ0n) is 13.0. The van der Waals surface area contributed by atoms with E-state index in [4.69, 9.17) is 4.74 Å². The fourth-order valence-corrected chi connectivity index (χ4v) is 2.09. The van der Waals surface area contributed by atoms with Crippen LogP contribution in [-0.2, 0) is 4.79 Å². The molecule has 0 saturated heterocycles. The van der Waals surface area contributed by atoms with Gasteiger partial charge in [0, 0.05) is 0 Å². The smallest absolute Gasteiger partial charge is 0.265 e. The number of halogens is 1. The van der Waals surface area contributed by atoms with E-state index in [0.717, 1.165) is 11.1 Å². The van der Waals surface area contributed by atoms with Gasteiger partial charge in [-0.3, -0.25) is 4.79 Å². The summed E-state index contributed by atoms with van der Waals surface area (Å²) in [6.45, 7) is 5.75. The van der Waals surface area contributed by atoms with Crippen molar-refractivity contribution in [3.8, 4) is 5.75 Å². The van der Waals surface area contributed by atoms with E-state index in [9.17, 15) is 9.18 Å². The molecule has 2 aromatic rings. The van der Waals surface area contributed by atoms with Crippen LogP contribution in [0.1, 0.15) is 24.5 Å². The third-order valence-corrected chi connectivity index (χ3v) is 3.41. The number of rotatable bonds is 5. The number of ether oxygens (including phenoxy) is 1. The third-order valence-electron chi connectivity index (χ3n) is 3.41. The van der Waals surface area contributed by atoms with Gasteiger partial charge in [0.2, 0.25) is 0 Å². The lowest BCUT2D eigenvalue weighted by molar-refractivity contribution is -0.122. The predicted octanol–water partition coefficient (Wildman–Crippen LogP) is 4.24. The van der Waals surface area contributed by atoms with Crippen molar-refractivity contribution in [3.05, 3.63) is 59.4 Å². The average molecular weight is 301 g/mol. The standard InChI is InChI=1S/C18H20FNO2/c1-4-16(22-17-11-12(2)9-10-13(17)3)18(21)20-15-8-6-5-7-14(15)19/h5-11,16H,4H2,1-3H3,(H,20,21)/t16-/m0/s1. The molecule has 0 aliphatic heterocycles. The normalized spacial score (nSPS) is 11.8. The molecular formula is C18H20FNO2. The maximum absolute atomic E-state index is 13.6. The van der Waals surface area contributed by atoms with Crippen LogP contribution >= 0.6 is 0 Å². The van der Waals surface area contributed by atoms with Crippen molar-refractivity contribution >= 4 is 11.6 Å². The molecule has 1 amide bonds. The molecule has 0 spiro atoms. The third kappa shape index (κ3) is 3.85. The van der Waals surface area contributed by atoms with Gasteiger partial charge in [0.05, 0.1) is 5.69 Å². The fourth-order valence-electron chi connectivity index (χ4n) is 2.09. The number of carbonyl (C=O) groups is 1. The van der Waals surface area contributed by atoms with Crippen LogP contribution in [0, 0.1) is 19.7 Å². The summed E-state index contributed by atoms with van der Waals surface area (Å²) in [5.74, 6) is -0.138. The van der Waals surface area contributed by atoms with Crippen molar-refractivity contribution in [3.63, 3.8) is 0 Å². The highest BCUT2D eigenvalue weighted by atomic mass is 19.1. The highest BCUT2D eigenvalue weighted by Gasteiger charge is 2.20. The summed E-state index contributed by atoms with van der Waals surface area (Å²) in [4.78, 5) is 12.3. The minimum Gasteiger partial charge on any atom is -0.480 e. The largest absolute Gasteiger partial charge is 0.480 e. The molecule has 0 fully saturated rings. The van der Waals surface area contributed by atoms with E-state index in [2.05, 4.69) is 5.32 Å². The number of para-hydroxylation sites is 1. The maximum Gasteiger partial charge on any atom is 0.265 e. The van der Waals surface area contributed by atoms with Crippen LogP contribution in [0.15, 0.2) is 42.5 Å². The Balaban J connectivity index is 2.12. The summed E-state index contributed by atoms with van der Waals surface area (Å²) < 4.78 is 19.4. The van der Waals surface area contributed by atoms with Gasteiger partial charge in [-0.05, 0) is 49.6 Å². The Morgan fingerprint density at radius 1 is 1.23 bits per heavy atom. The monoisotopic (exact) mass is 301 g/mol. The molecule has 1 atom stereocenters. The first-order chi connectivity index (χ1) is 10.5. The van der Waals surface area contributed by atoms with Gasteiger partial charge in [-0.2, -0.15) is 0 Å². The summed E-state index contributed by atoms with van der Waals surface area (Å²) in [6.07, 6.45) is -0.173. The molecule has 0 heterocycles. The van der Waals surface area contributed by atoms with E-state index in [1.807, 2.05) is 39.0 Å². The quantitative estimate of drug-likeness (QED) is 0.897. The number of benzene rings is 2. The van der Waals surface area contributed by atoms with Crippen LogP contribution in [0.3, 0.4) is 0 Å². The second-order valence-corrected chi connectivity index (χ2v) is 5.25. The molecule has 0 bridgehead atoms. The predicted molar refractivity (Wildman–Crippen MR) is 85.7 cm³/mol. The summed E-state index contributed by atoms with van der Waals surface area (Å²) in [6, 6.07) is 11.9. The molecule has 0 aliphatic carbocycles. The number of carbonyl (C=O) groups excluding carboxylic acids is 1. The van der Waals surface area contributed by atoms with Gasteiger partial charge in [0.15, 0.2) is 6.10 Å². The molecule has 116 valence electrons. The van der Waals surface area contributed by atoms with E-state index in [0.29, 0.717) is 12.2 Å². The van der Waals surface area contributed by atoms with Gasteiger partial charge in [0.25, 0.3) is 5.91 Å². The van der Waals surface area contributed by atoms with Crippen molar-refractivity contribution in [2.45, 2.75) is 33.3 Å². The van der Waals surface area contributed by atoms with Gasteiger partial charge >= 0.3 is 0 Å². The second kappa shape index (κ2) is 7.07. The van der Waals surface area contributed by atoms with Crippen molar-refractivity contribution in [2.24, 2.45) is 0 Å². The highest BCUT2D eigenvalue weighted by Crippen LogP contribution is 2.22. The average Bonchev–Trinajstić information content (AvgIpc) is 2.50. The van der Waals surface area contributed by atoms with Crippen LogP contribution in [0.25, 0.3) is 0 Å². The highest BCUT2D eigenvalue weighted by molar-refractivity contribution is 5.94. The number of amides is 1. The van der Waals surface area contributed by atoms with E-state index in [-0.39, 0.29) is 11.6 Å². The molecule has 4 heteroatoms. The topological polar surface area (TPSA) is 38.3 Å². The van der Waals surface area contributed by atoms with Crippen LogP contribution in [0.2, 0.25) is 0 Å². The Kier molecular flexibility index (Phi) is 5.15. The number of hydrogen-bond donors (Lipinski definition) is 1. The summed E-state index contributed by atoms with van der Waals surface area (Å²) in [5, 5.41) is 2.58. The molecular weight excluding hydrogens is 281 g/mol. The van der Waals surface area contributed by atoms with Crippen molar-refractivity contribution in [1.82, 2.24) is 0 Å². The fraction of sp³-hybridized carbons (Fsp3) is 0.278. The lowest BCUT2D eigenvalue weighted by Gasteiger charge is -2.19. The Bertz CT molecular complexity index is 670. The van der Waals surface area contributed by atoms with E-state index in [1.54, 1.807) is 12.1 Å². The van der Waals surface area contributed by atoms with Gasteiger partial charge in [-0.25, -0.2) is 4.39 Å². The van der Waals surface area contributed by atoms with Crippen LogP contribution in [0.5, 0.6) is 5.75 Å². The Morgan fingerprint density at radius 3 is 2.64 bits per heavy atom. The van der Waals surface area contributed by atoms with E-state index in [1.165, 1.54) is 12.1 Å². The van der Waals surface area contributed by atoms with Gasteiger partial charge < -0.3 is 10.1 Å². The number of anilines is 1. The van der Waals surface area contributed by atoms with E-state index < -0.39 is 11.9 Å². The first-order valence-electron chi connectivity index (χ1n) is 7.30. The number of hydrogen-bond acceptors (Lipinski definition) is 2. The number of nitrogens with one attached hydrogen (secondary N) is 1. The molecule has 22 heavy (non-hydrogen) atoms. The lowest BCUT2D eigenvalue weighted by Crippen LogP contribution is -2.32. The van der Waals surface area contributed by atoms with Crippen LogP contribution < -0.4 is 10.1 Å². The van der Waals surface area contributed by atoms with Gasteiger partial charge in [-0.15, -0.1) is 0 Å². The molecule has 0 aliphatic rings. The molecule has 3 nitrogen and oxygen atoms in total. The van der Waals surface area contributed by atoms with Crippen LogP contribution in [-0.4, -0.2) is 12.0 Å². The summed E-state index contributed by atoms with van der Waals surface area (Å²) in [7, 11) is 0. The first kappa shape index (κ1) is 16.0.